The minimum Gasteiger partial charge on any atom is -0.459 e. The third kappa shape index (κ3) is 11.5. The number of fused-ring (bicyclic) bond motifs is 3. The predicted octanol–water partition coefficient (Wildman–Crippen LogP) is 11.4. The lowest BCUT2D eigenvalue weighted by atomic mass is 9.55. The smallest absolute Gasteiger partial charge is 0.269 e. The van der Waals surface area contributed by atoms with Crippen molar-refractivity contribution >= 4 is 35.1 Å². The second kappa shape index (κ2) is 23.8. The highest BCUT2D eigenvalue weighted by molar-refractivity contribution is 7.98. The van der Waals surface area contributed by atoms with Crippen LogP contribution in [-0.4, -0.2) is 76.4 Å². The Morgan fingerprint density at radius 2 is 1.63 bits per heavy atom. The molecule has 0 aromatic heterocycles. The van der Waals surface area contributed by atoms with Crippen LogP contribution in [0.15, 0.2) is 156 Å². The average molecular weight is 1010 g/mol. The molecule has 2 aliphatic heterocycles. The number of aliphatic hydroxyl groups is 2. The normalized spacial score (nSPS) is 21.9. The number of aliphatic hydroxyl groups excluding tert-OH is 2. The number of allylic oxidation sites excluding steroid dienone is 1. The molecule has 9 rings (SSSR count). The Bertz CT molecular complexity index is 2820. The van der Waals surface area contributed by atoms with Crippen LogP contribution in [-0.2, 0) is 27.5 Å². The fourth-order valence-corrected chi connectivity index (χ4v) is 11.2. The lowest BCUT2D eigenvalue weighted by molar-refractivity contribution is -0.384. The molecule has 2 aliphatic carbocycles. The lowest BCUT2D eigenvalue weighted by Crippen LogP contribution is -2.70. The molecule has 14 nitrogen and oxygen atoms in total. The summed E-state index contributed by atoms with van der Waals surface area (Å²) < 4.78 is 32.9. The Kier molecular flexibility index (Phi) is 16.6. The number of amides is 1. The van der Waals surface area contributed by atoms with Gasteiger partial charge in [0, 0.05) is 60.8 Å². The van der Waals surface area contributed by atoms with Crippen molar-refractivity contribution in [3.05, 3.63) is 178 Å². The number of hydrogen-bond acceptors (Lipinski definition) is 13. The molecular weight excluding hydrogens is 947 g/mol. The summed E-state index contributed by atoms with van der Waals surface area (Å²) in [6, 6.07) is 34.4. The number of carbonyl (C=O) groups excluding carboxylic acids is 1. The summed E-state index contributed by atoms with van der Waals surface area (Å²) in [7, 11) is 0. The zero-order chi connectivity index (χ0) is 50.7. The maximum atomic E-state index is 15.4. The second-order valence-corrected chi connectivity index (χ2v) is 19.5. The van der Waals surface area contributed by atoms with Gasteiger partial charge in [0.15, 0.2) is 11.5 Å². The first-order chi connectivity index (χ1) is 35.7. The van der Waals surface area contributed by atoms with Crippen LogP contribution in [0.1, 0.15) is 73.1 Å². The SMILES string of the molecule is C=CCO[C@@]12Oc3ccc(Oc4ccc(SC)cc4)cc3[C@H]3[C@H](CCCCO)[C@@H](CCCCO)C=C(C(=NOCc4ccccc4)C[C@@H]1N(Cc1ccc4c(c1)OCO4)C(=O)C=Cc1ccc([N+](=O)[O-])cc1)[C@H]32. The van der Waals surface area contributed by atoms with E-state index in [1.165, 1.54) is 18.2 Å². The van der Waals surface area contributed by atoms with Gasteiger partial charge in [-0.1, -0.05) is 66.5 Å². The average Bonchev–Trinajstić information content (AvgIpc) is 3.90. The monoisotopic (exact) mass is 1010 g/mol. The van der Waals surface area contributed by atoms with Crippen molar-refractivity contribution in [2.24, 2.45) is 22.9 Å². The van der Waals surface area contributed by atoms with Crippen molar-refractivity contribution in [3.63, 3.8) is 0 Å². The number of nitro groups is 1. The van der Waals surface area contributed by atoms with Crippen LogP contribution in [0.3, 0.4) is 0 Å². The molecule has 0 saturated heterocycles. The molecule has 0 spiro atoms. The van der Waals surface area contributed by atoms with Crippen molar-refractivity contribution < 1.29 is 48.5 Å². The van der Waals surface area contributed by atoms with Crippen LogP contribution in [0.5, 0.6) is 28.7 Å². The number of thioether (sulfide) groups is 1. The van der Waals surface area contributed by atoms with E-state index in [0.29, 0.717) is 52.9 Å². The van der Waals surface area contributed by atoms with E-state index >= 15 is 4.79 Å². The van der Waals surface area contributed by atoms with E-state index < -0.39 is 22.7 Å². The van der Waals surface area contributed by atoms with Gasteiger partial charge in [0.25, 0.3) is 5.69 Å². The standard InChI is InChI=1S/C58H61N3O11S/c1-3-31-69-58-54(60(36-41-17-26-52-53(32-41)68-38-67-52)55(64)28-18-39-15-19-43(20-16-39)61(65)66)35-50(59-70-37-40-11-5-4-6-12-40)48-33-42(13-7-9-29-62)47(14-8-10-30-63)56(57(48)58)49-34-45(23-27-51(49)72-58)71-44-21-24-46(73-2)25-22-44/h3-6,11-12,15-28,32-34,42,47,54,56-57,62-63H,1,7-10,13-14,29-31,35-38H2,2H3/t42-,47+,54-,56+,57+,58+/m0/s1. The third-order valence-corrected chi connectivity index (χ3v) is 14.9. The van der Waals surface area contributed by atoms with Crippen LogP contribution >= 0.6 is 11.8 Å². The molecule has 2 heterocycles. The maximum absolute atomic E-state index is 15.4. The Hall–Kier alpha value is -6.91. The van der Waals surface area contributed by atoms with Gasteiger partial charge in [-0.05, 0) is 139 Å². The summed E-state index contributed by atoms with van der Waals surface area (Å²) in [5.41, 5.74) is 4.69. The van der Waals surface area contributed by atoms with Gasteiger partial charge in [0.1, 0.15) is 29.9 Å². The van der Waals surface area contributed by atoms with E-state index in [1.54, 1.807) is 40.9 Å². The van der Waals surface area contributed by atoms with Crippen molar-refractivity contribution in [2.75, 3.05) is 32.9 Å². The lowest BCUT2D eigenvalue weighted by Gasteiger charge is -2.60. The van der Waals surface area contributed by atoms with Crippen LogP contribution in [0.2, 0.25) is 0 Å². The van der Waals surface area contributed by atoms with Gasteiger partial charge in [-0.2, -0.15) is 0 Å². The summed E-state index contributed by atoms with van der Waals surface area (Å²) in [4.78, 5) is 35.7. The number of hydrogen-bond donors (Lipinski definition) is 2. The number of benzene rings is 5. The van der Waals surface area contributed by atoms with Gasteiger partial charge in [0.05, 0.1) is 23.2 Å². The highest BCUT2D eigenvalue weighted by atomic mass is 32.2. The quantitative estimate of drug-likeness (QED) is 0.0159. The Morgan fingerprint density at radius 1 is 0.890 bits per heavy atom. The highest BCUT2D eigenvalue weighted by Gasteiger charge is 2.65. The number of carbonyl (C=O) groups is 1. The molecule has 380 valence electrons. The van der Waals surface area contributed by atoms with E-state index in [1.807, 2.05) is 91.2 Å². The number of non-ortho nitro benzene ring substituents is 1. The molecular formula is C58H61N3O11S. The maximum Gasteiger partial charge on any atom is 0.269 e. The molecule has 0 unspecified atom stereocenters. The van der Waals surface area contributed by atoms with E-state index in [-0.39, 0.29) is 75.5 Å². The molecule has 73 heavy (non-hydrogen) atoms. The first kappa shape index (κ1) is 51.0. The van der Waals surface area contributed by atoms with E-state index in [9.17, 15) is 20.3 Å². The zero-order valence-electron chi connectivity index (χ0n) is 40.9. The van der Waals surface area contributed by atoms with Crippen LogP contribution in [0.4, 0.5) is 5.69 Å². The molecule has 5 aromatic carbocycles. The molecule has 1 amide bonds. The van der Waals surface area contributed by atoms with Gasteiger partial charge >= 0.3 is 0 Å². The summed E-state index contributed by atoms with van der Waals surface area (Å²) in [6.07, 6.45) is 13.7. The number of oxime groups is 1. The molecule has 5 aromatic rings. The first-order valence-electron chi connectivity index (χ1n) is 24.9. The summed E-state index contributed by atoms with van der Waals surface area (Å²) in [5, 5.41) is 36.7. The number of ether oxygens (including phenoxy) is 5. The summed E-state index contributed by atoms with van der Waals surface area (Å²) >= 11 is 1.66. The number of nitrogens with zero attached hydrogens (tertiary/aromatic N) is 3. The molecule has 2 N–H and O–H groups in total. The van der Waals surface area contributed by atoms with Crippen LogP contribution < -0.4 is 18.9 Å². The van der Waals surface area contributed by atoms with Crippen molar-refractivity contribution in [1.82, 2.24) is 4.90 Å². The fourth-order valence-electron chi connectivity index (χ4n) is 10.8. The number of rotatable bonds is 23. The van der Waals surface area contributed by atoms with E-state index in [0.717, 1.165) is 52.8 Å². The van der Waals surface area contributed by atoms with Gasteiger partial charge in [-0.3, -0.25) is 14.9 Å². The highest BCUT2D eigenvalue weighted by Crippen LogP contribution is 2.62. The largest absolute Gasteiger partial charge is 0.459 e. The molecule has 1 saturated carbocycles. The Morgan fingerprint density at radius 3 is 2.37 bits per heavy atom. The number of nitro benzene ring substituents is 1. The van der Waals surface area contributed by atoms with Crippen LogP contribution in [0, 0.1) is 27.9 Å². The van der Waals surface area contributed by atoms with Crippen molar-refractivity contribution in [3.8, 4) is 28.7 Å². The van der Waals surface area contributed by atoms with Crippen molar-refractivity contribution in [2.45, 2.75) is 80.7 Å². The minimum atomic E-state index is -1.55. The zero-order valence-corrected chi connectivity index (χ0v) is 41.7. The second-order valence-electron chi connectivity index (χ2n) is 18.6. The van der Waals surface area contributed by atoms with Gasteiger partial charge in [0.2, 0.25) is 18.5 Å². The van der Waals surface area contributed by atoms with E-state index in [4.69, 9.17) is 33.7 Å². The first-order valence-corrected chi connectivity index (χ1v) is 26.1. The molecule has 0 radical (unpaired) electrons. The summed E-state index contributed by atoms with van der Waals surface area (Å²) in [6.45, 7) is 4.65. The molecule has 4 aliphatic rings. The molecule has 0 bridgehead atoms. The Labute approximate surface area is 430 Å². The van der Waals surface area contributed by atoms with Gasteiger partial charge in [-0.15, -0.1) is 18.3 Å². The molecule has 6 atom stereocenters. The summed E-state index contributed by atoms with van der Waals surface area (Å²) in [5.74, 6) is 0.248. The molecule has 15 heteroatoms. The van der Waals surface area contributed by atoms with Gasteiger partial charge in [-0.25, -0.2) is 0 Å². The number of unbranched alkanes of at least 4 members (excludes halogenated alkanes) is 2. The fraction of sp³-hybridized carbons (Fsp3) is 0.345. The van der Waals surface area contributed by atoms with Crippen LogP contribution in [0.25, 0.3) is 6.08 Å². The third-order valence-electron chi connectivity index (χ3n) is 14.2. The van der Waals surface area contributed by atoms with E-state index in [2.05, 4.69) is 18.7 Å². The predicted molar refractivity (Wildman–Crippen MR) is 280 cm³/mol. The van der Waals surface area contributed by atoms with Crippen molar-refractivity contribution in [1.29, 1.82) is 0 Å². The topological polar surface area (TPSA) is 172 Å². The molecule has 1 fully saturated rings. The van der Waals surface area contributed by atoms with Gasteiger partial charge < -0.3 is 43.6 Å². The Balaban J connectivity index is 1.24. The minimum absolute atomic E-state index is 0.0140.